The molecule has 0 heterocycles. The van der Waals surface area contributed by atoms with Crippen LogP contribution in [-0.2, 0) is 19.6 Å². The van der Waals surface area contributed by atoms with Gasteiger partial charge in [0, 0.05) is 0 Å². The summed E-state index contributed by atoms with van der Waals surface area (Å²) in [5, 5.41) is -0.262. The Labute approximate surface area is 162 Å². The number of benzene rings is 2. The Morgan fingerprint density at radius 3 is 2.48 bits per heavy atom. The summed E-state index contributed by atoms with van der Waals surface area (Å²) in [6, 6.07) is 7.72. The van der Waals surface area contributed by atoms with Crippen molar-refractivity contribution in [3.8, 4) is 5.75 Å². The van der Waals surface area contributed by atoms with Crippen LogP contribution in [0.3, 0.4) is 0 Å². The molecular weight excluding hydrogens is 397 g/mol. The maximum atomic E-state index is 13.5. The van der Waals surface area contributed by atoms with Gasteiger partial charge in [-0.2, -0.15) is 0 Å². The van der Waals surface area contributed by atoms with E-state index in [4.69, 9.17) is 21.1 Å². The van der Waals surface area contributed by atoms with Crippen molar-refractivity contribution in [1.82, 2.24) is 0 Å². The molecule has 0 radical (unpaired) electrons. The van der Waals surface area contributed by atoms with E-state index in [0.717, 1.165) is 16.4 Å². The molecule has 0 aromatic heterocycles. The Balaban J connectivity index is 2.55. The molecule has 9 heteroatoms. The molecule has 146 valence electrons. The highest BCUT2D eigenvalue weighted by Crippen LogP contribution is 2.29. The highest BCUT2D eigenvalue weighted by Gasteiger charge is 2.28. The maximum Gasteiger partial charge on any atom is 0.326 e. The number of ether oxygens (including phenoxy) is 2. The summed E-state index contributed by atoms with van der Waals surface area (Å²) in [5.41, 5.74) is 0.648. The first-order valence-corrected chi connectivity index (χ1v) is 9.80. The average molecular weight is 416 g/mol. The van der Waals surface area contributed by atoms with Crippen LogP contribution in [-0.4, -0.2) is 34.6 Å². The number of hydrogen-bond acceptors (Lipinski definition) is 5. The Morgan fingerprint density at radius 1 is 1.22 bits per heavy atom. The van der Waals surface area contributed by atoms with E-state index in [1.54, 1.807) is 13.8 Å². The lowest BCUT2D eigenvalue weighted by molar-refractivity contribution is -0.141. The Morgan fingerprint density at radius 2 is 1.93 bits per heavy atom. The molecule has 0 aliphatic carbocycles. The van der Waals surface area contributed by atoms with Crippen molar-refractivity contribution in [2.45, 2.75) is 18.7 Å². The molecule has 6 nitrogen and oxygen atoms in total. The molecule has 2 aromatic carbocycles. The van der Waals surface area contributed by atoms with Crippen molar-refractivity contribution >= 4 is 33.3 Å². The molecule has 0 N–H and O–H groups in total. The zero-order valence-electron chi connectivity index (χ0n) is 15.0. The van der Waals surface area contributed by atoms with Gasteiger partial charge in [-0.15, -0.1) is 0 Å². The van der Waals surface area contributed by atoms with Gasteiger partial charge in [0.05, 0.1) is 29.3 Å². The summed E-state index contributed by atoms with van der Waals surface area (Å²) in [7, 11) is -2.67. The number of sulfonamides is 1. The molecular formula is C18H19ClFNO5S. The third-order valence-electron chi connectivity index (χ3n) is 3.72. The summed E-state index contributed by atoms with van der Waals surface area (Å²) >= 11 is 5.79. The van der Waals surface area contributed by atoms with Gasteiger partial charge in [-0.3, -0.25) is 9.10 Å². The van der Waals surface area contributed by atoms with Crippen LogP contribution in [0.25, 0.3) is 0 Å². The van der Waals surface area contributed by atoms with Crippen LogP contribution in [0.4, 0.5) is 10.1 Å². The van der Waals surface area contributed by atoms with Crippen molar-refractivity contribution in [3.05, 3.63) is 52.8 Å². The highest BCUT2D eigenvalue weighted by atomic mass is 35.5. The summed E-state index contributed by atoms with van der Waals surface area (Å²) in [6.45, 7) is 2.82. The number of carbonyl (C=O) groups excluding carboxylic acids is 1. The van der Waals surface area contributed by atoms with Gasteiger partial charge in [0.1, 0.15) is 18.1 Å². The summed E-state index contributed by atoms with van der Waals surface area (Å²) < 4.78 is 50.7. The van der Waals surface area contributed by atoms with Crippen LogP contribution >= 0.6 is 11.6 Å². The second-order valence-corrected chi connectivity index (χ2v) is 7.82. The van der Waals surface area contributed by atoms with Crippen LogP contribution in [0.1, 0.15) is 12.5 Å². The summed E-state index contributed by atoms with van der Waals surface area (Å²) in [4.78, 5) is 11.9. The Hall–Kier alpha value is -2.32. The largest absolute Gasteiger partial charge is 0.496 e. The minimum absolute atomic E-state index is 0.0444. The van der Waals surface area contributed by atoms with E-state index in [1.165, 1.54) is 31.4 Å². The summed E-state index contributed by atoms with van der Waals surface area (Å²) in [6.07, 6.45) is 0. The number of hydrogen-bond donors (Lipinski definition) is 0. The van der Waals surface area contributed by atoms with Gasteiger partial charge in [0.15, 0.2) is 0 Å². The quantitative estimate of drug-likeness (QED) is 0.646. The first-order chi connectivity index (χ1) is 12.7. The molecule has 0 atom stereocenters. The molecule has 0 spiro atoms. The normalized spacial score (nSPS) is 11.1. The van der Waals surface area contributed by atoms with Gasteiger partial charge in [0.25, 0.3) is 10.0 Å². The molecule has 0 saturated heterocycles. The number of rotatable bonds is 7. The van der Waals surface area contributed by atoms with E-state index in [9.17, 15) is 17.6 Å². The summed E-state index contributed by atoms with van der Waals surface area (Å²) in [5.74, 6) is -0.920. The van der Waals surface area contributed by atoms with Crippen LogP contribution < -0.4 is 9.04 Å². The number of anilines is 1. The van der Waals surface area contributed by atoms with Gasteiger partial charge in [-0.1, -0.05) is 11.6 Å². The SMILES string of the molecule is CCOC(=O)CN(c1ccc(F)c(Cl)c1)S(=O)(=O)c1ccc(OC)c(C)c1. The second kappa shape index (κ2) is 8.58. The number of aryl methyl sites for hydroxylation is 1. The lowest BCUT2D eigenvalue weighted by Gasteiger charge is -2.24. The molecule has 2 aromatic rings. The fourth-order valence-electron chi connectivity index (χ4n) is 2.42. The van der Waals surface area contributed by atoms with Crippen molar-refractivity contribution in [1.29, 1.82) is 0 Å². The van der Waals surface area contributed by atoms with Crippen molar-refractivity contribution in [2.24, 2.45) is 0 Å². The monoisotopic (exact) mass is 415 g/mol. The number of nitrogens with zero attached hydrogens (tertiary/aromatic N) is 1. The average Bonchev–Trinajstić information content (AvgIpc) is 2.62. The first kappa shape index (κ1) is 21.0. The van der Waals surface area contributed by atoms with Gasteiger partial charge in [0.2, 0.25) is 0 Å². The highest BCUT2D eigenvalue weighted by molar-refractivity contribution is 7.92. The third-order valence-corrected chi connectivity index (χ3v) is 5.78. The van der Waals surface area contributed by atoms with E-state index in [1.807, 2.05) is 0 Å². The smallest absolute Gasteiger partial charge is 0.326 e. The van der Waals surface area contributed by atoms with Crippen molar-refractivity contribution < 1.29 is 27.1 Å². The molecule has 0 unspecified atom stereocenters. The first-order valence-electron chi connectivity index (χ1n) is 7.98. The van der Waals surface area contributed by atoms with E-state index in [-0.39, 0.29) is 22.2 Å². The molecule has 0 fully saturated rings. The van der Waals surface area contributed by atoms with Gasteiger partial charge in [-0.25, -0.2) is 12.8 Å². The second-order valence-electron chi connectivity index (χ2n) is 5.55. The van der Waals surface area contributed by atoms with E-state index in [2.05, 4.69) is 0 Å². The Kier molecular flexibility index (Phi) is 6.67. The molecule has 0 amide bonds. The zero-order valence-corrected chi connectivity index (χ0v) is 16.6. The Bertz CT molecular complexity index is 949. The molecule has 0 bridgehead atoms. The number of methoxy groups -OCH3 is 1. The van der Waals surface area contributed by atoms with Crippen LogP contribution in [0, 0.1) is 12.7 Å². The third kappa shape index (κ3) is 4.70. The zero-order chi connectivity index (χ0) is 20.2. The van der Waals surface area contributed by atoms with Crippen molar-refractivity contribution in [2.75, 3.05) is 24.6 Å². The predicted octanol–water partition coefficient (Wildman–Crippen LogP) is 3.55. The van der Waals surface area contributed by atoms with Gasteiger partial charge < -0.3 is 9.47 Å². The molecule has 27 heavy (non-hydrogen) atoms. The minimum Gasteiger partial charge on any atom is -0.496 e. The lowest BCUT2D eigenvalue weighted by Crippen LogP contribution is -2.36. The number of halogens is 2. The topological polar surface area (TPSA) is 72.9 Å². The van der Waals surface area contributed by atoms with Crippen LogP contribution in [0.2, 0.25) is 5.02 Å². The standard InChI is InChI=1S/C18H19ClFNO5S/c1-4-26-18(22)11-21(13-5-7-16(20)15(19)10-13)27(23,24)14-6-8-17(25-3)12(2)9-14/h5-10H,4,11H2,1-3H3. The fraction of sp³-hybridized carbons (Fsp3) is 0.278. The predicted molar refractivity (Wildman–Crippen MR) is 100 cm³/mol. The van der Waals surface area contributed by atoms with Crippen molar-refractivity contribution in [3.63, 3.8) is 0 Å². The van der Waals surface area contributed by atoms with Crippen LogP contribution in [0.15, 0.2) is 41.3 Å². The number of carbonyl (C=O) groups is 1. The minimum atomic E-state index is -4.15. The van der Waals surface area contributed by atoms with E-state index >= 15 is 0 Å². The molecule has 0 saturated carbocycles. The molecule has 2 rings (SSSR count). The van der Waals surface area contributed by atoms with E-state index in [0.29, 0.717) is 11.3 Å². The molecule has 0 aliphatic heterocycles. The fourth-order valence-corrected chi connectivity index (χ4v) is 4.08. The molecule has 0 aliphatic rings. The van der Waals surface area contributed by atoms with Crippen LogP contribution in [0.5, 0.6) is 5.75 Å². The van der Waals surface area contributed by atoms with Gasteiger partial charge >= 0.3 is 5.97 Å². The number of esters is 1. The van der Waals surface area contributed by atoms with Gasteiger partial charge in [-0.05, 0) is 55.8 Å². The lowest BCUT2D eigenvalue weighted by atomic mass is 10.2. The van der Waals surface area contributed by atoms with E-state index < -0.39 is 28.4 Å². The maximum absolute atomic E-state index is 13.5.